The third-order valence-corrected chi connectivity index (χ3v) is 15.6. The van der Waals surface area contributed by atoms with Crippen molar-refractivity contribution in [2.75, 3.05) is 13.7 Å². The zero-order valence-corrected chi connectivity index (χ0v) is 33.4. The van der Waals surface area contributed by atoms with Crippen LogP contribution in [0.2, 0.25) is 0 Å². The van der Waals surface area contributed by atoms with Gasteiger partial charge in [0.1, 0.15) is 23.5 Å². The Morgan fingerprint density at radius 2 is 1.84 bits per heavy atom. The van der Waals surface area contributed by atoms with Crippen LogP contribution in [0.1, 0.15) is 105 Å². The summed E-state index contributed by atoms with van der Waals surface area (Å²) in [6.07, 6.45) is 10.4. The fourth-order valence-corrected chi connectivity index (χ4v) is 10.2. The van der Waals surface area contributed by atoms with E-state index in [1.165, 1.54) is 25.4 Å². The number of aromatic nitrogens is 1. The molecule has 298 valence electrons. The van der Waals surface area contributed by atoms with Crippen LogP contribution in [-0.4, -0.2) is 72.2 Å². The maximum atomic E-state index is 15.0. The van der Waals surface area contributed by atoms with Crippen molar-refractivity contribution in [2.24, 2.45) is 34.5 Å². The number of Topliss-reactive ketones (excluding diaryl/α,β-unsaturated/α-hetero) is 2. The zero-order chi connectivity index (χ0) is 39.5. The second-order valence-corrected chi connectivity index (χ2v) is 19.8. The summed E-state index contributed by atoms with van der Waals surface area (Å²) >= 11 is 0. The van der Waals surface area contributed by atoms with E-state index in [1.807, 2.05) is 26.0 Å². The van der Waals surface area contributed by atoms with E-state index in [2.05, 4.69) is 16.6 Å². The predicted octanol–water partition coefficient (Wildman–Crippen LogP) is 6.47. The van der Waals surface area contributed by atoms with Crippen LogP contribution in [-0.2, 0) is 29.2 Å². The summed E-state index contributed by atoms with van der Waals surface area (Å²) in [7, 11) is -2.47. The fraction of sp³-hybridized carbons (Fsp3) is 0.643. The molecule has 11 nitrogen and oxygen atoms in total. The lowest BCUT2D eigenvalue weighted by molar-refractivity contribution is -0.145. The number of ether oxygens (including phenoxy) is 2. The Labute approximate surface area is 323 Å². The van der Waals surface area contributed by atoms with E-state index in [0.29, 0.717) is 42.2 Å². The third-order valence-electron chi connectivity index (χ3n) is 13.5. The van der Waals surface area contributed by atoms with Gasteiger partial charge in [0.2, 0.25) is 27.7 Å². The molecule has 1 N–H and O–H groups in total. The molecule has 0 unspecified atom stereocenters. The Balaban J connectivity index is 1.25. The fourth-order valence-electron chi connectivity index (χ4n) is 8.83. The highest BCUT2D eigenvalue weighted by Gasteiger charge is 2.63. The molecule has 3 saturated carbocycles. The van der Waals surface area contributed by atoms with Crippen LogP contribution in [0.3, 0.4) is 0 Å². The number of rotatable bonds is 10. The molecule has 1 aromatic carbocycles. The van der Waals surface area contributed by atoms with Crippen LogP contribution in [0.25, 0.3) is 10.8 Å². The number of hydrogen-bond donors (Lipinski definition) is 1. The molecular formula is C42H54FN3O8S. The topological polar surface area (TPSA) is 149 Å². The molecule has 7 rings (SSSR count). The maximum absolute atomic E-state index is 15.0. The monoisotopic (exact) mass is 779 g/mol. The van der Waals surface area contributed by atoms with E-state index in [9.17, 15) is 27.2 Å². The molecule has 0 spiro atoms. The smallest absolute Gasteiger partial charge is 0.240 e. The summed E-state index contributed by atoms with van der Waals surface area (Å²) in [6, 6.07) is 3.19. The molecular weight excluding hydrogens is 726 g/mol. The quantitative estimate of drug-likeness (QED) is 0.268. The van der Waals surface area contributed by atoms with Gasteiger partial charge >= 0.3 is 0 Å². The second kappa shape index (κ2) is 14.6. The second-order valence-electron chi connectivity index (χ2n) is 17.6. The van der Waals surface area contributed by atoms with Crippen molar-refractivity contribution in [3.05, 3.63) is 42.4 Å². The van der Waals surface area contributed by atoms with Gasteiger partial charge in [-0.2, -0.15) is 0 Å². The van der Waals surface area contributed by atoms with Crippen molar-refractivity contribution < 1.29 is 41.5 Å². The minimum atomic E-state index is -3.96. The highest BCUT2D eigenvalue weighted by Crippen LogP contribution is 2.58. The van der Waals surface area contributed by atoms with Crippen LogP contribution >= 0.6 is 0 Å². The van der Waals surface area contributed by atoms with Gasteiger partial charge in [0.25, 0.3) is 0 Å². The van der Waals surface area contributed by atoms with Gasteiger partial charge in [-0.15, -0.1) is 0 Å². The lowest BCUT2D eigenvalue weighted by Crippen LogP contribution is -2.48. The lowest BCUT2D eigenvalue weighted by atomic mass is 9.77. The minimum absolute atomic E-state index is 0.0168. The van der Waals surface area contributed by atoms with Crippen molar-refractivity contribution in [1.82, 2.24) is 14.6 Å². The number of allylic oxidation sites excluding steroid dienone is 2. The van der Waals surface area contributed by atoms with Crippen LogP contribution < -0.4 is 14.2 Å². The minimum Gasteiger partial charge on any atom is -0.494 e. The average Bonchev–Trinajstić information content (AvgIpc) is 4.11. The van der Waals surface area contributed by atoms with Crippen LogP contribution in [0.15, 0.2) is 36.5 Å². The standard InChI is InChI=1S/C42H54FN3O8S/c1-6-26-17-25(2)9-7-8-10-27-21-42(27,39(50)45-55(51,52)41(4)15-16-41)22-34(47)33-19-29(24-46(33)38(49)31(26)20-36(48)40(3)13-14-40)54-37-32-18-28(43)11-12-30(32)35(53-5)23-44-37/h8,10-12,18,23,25-27,29,31,33H,6-7,9,13-17,19-22,24H2,1-5H3,(H,45,50)/b10-8-/t25-,26-,27-,29-,31+,33+,42-/m1/s1. The number of hydrogen-bond acceptors (Lipinski definition) is 9. The highest BCUT2D eigenvalue weighted by molar-refractivity contribution is 7.91. The molecule has 7 atom stereocenters. The van der Waals surface area contributed by atoms with Gasteiger partial charge in [0.05, 0.1) is 41.4 Å². The molecule has 0 radical (unpaired) electrons. The van der Waals surface area contributed by atoms with Crippen molar-refractivity contribution in [2.45, 2.75) is 122 Å². The number of carbonyl (C=O) groups is 4. The van der Waals surface area contributed by atoms with Crippen molar-refractivity contribution >= 4 is 44.2 Å². The molecule has 2 amide bonds. The Hall–Kier alpha value is -3.87. The van der Waals surface area contributed by atoms with E-state index < -0.39 is 55.4 Å². The summed E-state index contributed by atoms with van der Waals surface area (Å²) in [6.45, 7) is 7.77. The van der Waals surface area contributed by atoms with Crippen molar-refractivity contribution in [3.63, 3.8) is 0 Å². The highest BCUT2D eigenvalue weighted by atomic mass is 32.2. The van der Waals surface area contributed by atoms with E-state index >= 15 is 4.79 Å². The zero-order valence-electron chi connectivity index (χ0n) is 32.6. The molecule has 13 heteroatoms. The van der Waals surface area contributed by atoms with E-state index in [-0.39, 0.29) is 66.9 Å². The molecule has 1 aromatic heterocycles. The van der Waals surface area contributed by atoms with E-state index in [0.717, 1.165) is 32.1 Å². The summed E-state index contributed by atoms with van der Waals surface area (Å²) in [5, 5.41) is 0.952. The van der Waals surface area contributed by atoms with Gasteiger partial charge in [-0.3, -0.25) is 23.9 Å². The number of nitrogens with one attached hydrogen (secondary N) is 1. The van der Waals surface area contributed by atoms with Crippen LogP contribution in [0, 0.1) is 40.3 Å². The first kappa shape index (κ1) is 39.4. The number of ketones is 2. The SMILES string of the molecule is CC[C@@H]1C[C@H](C)CC/C=C\[C@@H]2C[C@@]2(C(=O)NS(=O)(=O)C2(C)CC2)CC(=O)[C@@H]2C[C@@H](Oc3ncc(OC)c4ccc(F)cc34)CN2C(=O)[C@H]1CC(=O)C1(C)CC1. The Bertz CT molecular complexity index is 2030. The maximum Gasteiger partial charge on any atom is 0.240 e. The summed E-state index contributed by atoms with van der Waals surface area (Å²) in [5.41, 5.74) is -1.72. The van der Waals surface area contributed by atoms with Gasteiger partial charge in [-0.1, -0.05) is 39.3 Å². The number of methoxy groups -OCH3 is 1. The van der Waals surface area contributed by atoms with Crippen molar-refractivity contribution in [1.29, 1.82) is 0 Å². The van der Waals surface area contributed by atoms with Crippen LogP contribution in [0.4, 0.5) is 4.39 Å². The molecule has 55 heavy (non-hydrogen) atoms. The summed E-state index contributed by atoms with van der Waals surface area (Å²) in [4.78, 5) is 63.4. The first-order chi connectivity index (χ1) is 26.0. The lowest BCUT2D eigenvalue weighted by Gasteiger charge is -2.33. The number of pyridine rings is 1. The van der Waals surface area contributed by atoms with Crippen molar-refractivity contribution in [3.8, 4) is 11.6 Å². The Kier molecular flexibility index (Phi) is 10.4. The van der Waals surface area contributed by atoms with Gasteiger partial charge in [-0.05, 0) is 94.2 Å². The molecule has 1 saturated heterocycles. The first-order valence-corrected chi connectivity index (χ1v) is 21.4. The molecule has 2 aliphatic heterocycles. The number of benzene rings is 1. The Morgan fingerprint density at radius 3 is 2.51 bits per heavy atom. The molecule has 0 bridgehead atoms. The predicted molar refractivity (Wildman–Crippen MR) is 204 cm³/mol. The summed E-state index contributed by atoms with van der Waals surface area (Å²) < 4.78 is 54.2. The number of amides is 2. The Morgan fingerprint density at radius 1 is 1.09 bits per heavy atom. The average molecular weight is 780 g/mol. The van der Waals surface area contributed by atoms with Crippen LogP contribution in [0.5, 0.6) is 11.6 Å². The number of fused-ring (bicyclic) bond motifs is 3. The van der Waals surface area contributed by atoms with Gasteiger partial charge in [0.15, 0.2) is 5.78 Å². The summed E-state index contributed by atoms with van der Waals surface area (Å²) in [5.74, 6) is -2.09. The normalized spacial score (nSPS) is 32.0. The first-order valence-electron chi connectivity index (χ1n) is 19.9. The number of carbonyl (C=O) groups excluding carboxylic acids is 4. The largest absolute Gasteiger partial charge is 0.494 e. The van der Waals surface area contributed by atoms with Gasteiger partial charge in [0, 0.05) is 36.0 Å². The molecule has 5 aliphatic rings. The van der Waals surface area contributed by atoms with Gasteiger partial charge < -0.3 is 14.4 Å². The number of halogens is 1. The van der Waals surface area contributed by atoms with E-state index in [4.69, 9.17) is 9.47 Å². The molecule has 2 aromatic rings. The molecule has 3 heterocycles. The molecule has 4 fully saturated rings. The molecule has 3 aliphatic carbocycles. The number of nitrogens with zero attached hydrogens (tertiary/aromatic N) is 2. The number of sulfonamides is 1. The van der Waals surface area contributed by atoms with Gasteiger partial charge in [-0.25, -0.2) is 17.8 Å². The third kappa shape index (κ3) is 7.66. The van der Waals surface area contributed by atoms with E-state index in [1.54, 1.807) is 17.9 Å².